The Kier molecular flexibility index (Phi) is 3.99. The van der Waals surface area contributed by atoms with E-state index < -0.39 is 22.9 Å². The van der Waals surface area contributed by atoms with Gasteiger partial charge in [0.1, 0.15) is 5.54 Å². The molecule has 0 radical (unpaired) electrons. The van der Waals surface area contributed by atoms with E-state index in [1.54, 1.807) is 52.0 Å². The highest BCUT2D eigenvalue weighted by Crippen LogP contribution is 2.30. The van der Waals surface area contributed by atoms with E-state index in [0.717, 1.165) is 4.90 Å². The van der Waals surface area contributed by atoms with Crippen LogP contribution in [0.3, 0.4) is 0 Å². The molecule has 1 aliphatic rings. The maximum atomic E-state index is 12.7. The minimum Gasteiger partial charge on any atom is -0.319 e. The summed E-state index contributed by atoms with van der Waals surface area (Å²) in [5, 5.41) is 11.6. The number of carbonyl (C=O) groups is 3. The van der Waals surface area contributed by atoms with Gasteiger partial charge in [0.25, 0.3) is 5.91 Å². The fourth-order valence-electron chi connectivity index (χ4n) is 2.32. The first-order chi connectivity index (χ1) is 10.6. The SMILES string of the molecule is CC(C)(C)C(=O)CN1C(=O)NC(C)(c2cccc(C#N)c2)C1=O. The lowest BCUT2D eigenvalue weighted by Gasteiger charge is -2.23. The molecule has 0 aromatic heterocycles. The number of benzene rings is 1. The quantitative estimate of drug-likeness (QED) is 0.863. The zero-order valence-corrected chi connectivity index (χ0v) is 13.6. The molecule has 0 bridgehead atoms. The third-order valence-corrected chi connectivity index (χ3v) is 3.98. The first-order valence-corrected chi connectivity index (χ1v) is 7.27. The fourth-order valence-corrected chi connectivity index (χ4v) is 2.32. The molecule has 3 amide bonds. The molecule has 1 aliphatic heterocycles. The topological polar surface area (TPSA) is 90.3 Å². The molecule has 120 valence electrons. The highest BCUT2D eigenvalue weighted by atomic mass is 16.2. The van der Waals surface area contributed by atoms with E-state index in [1.165, 1.54) is 0 Å². The lowest BCUT2D eigenvalue weighted by Crippen LogP contribution is -2.42. The smallest absolute Gasteiger partial charge is 0.319 e. The van der Waals surface area contributed by atoms with Crippen LogP contribution in [0.1, 0.15) is 38.8 Å². The lowest BCUT2D eigenvalue weighted by atomic mass is 9.89. The first kappa shape index (κ1) is 16.7. The number of amides is 3. The third-order valence-electron chi connectivity index (χ3n) is 3.98. The summed E-state index contributed by atoms with van der Waals surface area (Å²) in [5.41, 5.74) is -1.00. The minimum atomic E-state index is -1.28. The molecule has 0 saturated carbocycles. The van der Waals surface area contributed by atoms with E-state index in [0.29, 0.717) is 11.1 Å². The van der Waals surface area contributed by atoms with Crippen LogP contribution >= 0.6 is 0 Å². The van der Waals surface area contributed by atoms with E-state index in [2.05, 4.69) is 5.32 Å². The molecule has 2 rings (SSSR count). The first-order valence-electron chi connectivity index (χ1n) is 7.27. The van der Waals surface area contributed by atoms with Crippen LogP contribution in [-0.2, 0) is 15.1 Å². The van der Waals surface area contributed by atoms with Crippen molar-refractivity contribution in [3.63, 3.8) is 0 Å². The van der Waals surface area contributed by atoms with Gasteiger partial charge in [0, 0.05) is 5.41 Å². The fraction of sp³-hybridized carbons (Fsp3) is 0.412. The number of Topliss-reactive ketones (excluding diaryl/α,β-unsaturated/α-hetero) is 1. The number of rotatable bonds is 3. The normalized spacial score (nSPS) is 21.1. The number of carbonyl (C=O) groups excluding carboxylic acids is 3. The Morgan fingerprint density at radius 3 is 2.57 bits per heavy atom. The third kappa shape index (κ3) is 2.95. The molecule has 1 N–H and O–H groups in total. The lowest BCUT2D eigenvalue weighted by molar-refractivity contribution is -0.136. The molecule has 1 atom stereocenters. The van der Waals surface area contributed by atoms with E-state index in [4.69, 9.17) is 5.26 Å². The van der Waals surface area contributed by atoms with Crippen molar-refractivity contribution in [3.8, 4) is 6.07 Å². The van der Waals surface area contributed by atoms with Crippen LogP contribution in [0.15, 0.2) is 24.3 Å². The second-order valence-electron chi connectivity index (χ2n) is 6.81. The van der Waals surface area contributed by atoms with Crippen LogP contribution in [0.5, 0.6) is 0 Å². The van der Waals surface area contributed by atoms with E-state index in [1.807, 2.05) is 6.07 Å². The maximum Gasteiger partial charge on any atom is 0.325 e. The van der Waals surface area contributed by atoms with Gasteiger partial charge in [0.2, 0.25) is 0 Å². The van der Waals surface area contributed by atoms with Crippen LogP contribution in [0.4, 0.5) is 4.79 Å². The second kappa shape index (κ2) is 5.51. The predicted molar refractivity (Wildman–Crippen MR) is 83.2 cm³/mol. The molecule has 1 aromatic carbocycles. The van der Waals surface area contributed by atoms with Crippen LogP contribution in [-0.4, -0.2) is 29.2 Å². The van der Waals surface area contributed by atoms with Gasteiger partial charge in [0.05, 0.1) is 18.2 Å². The Hall–Kier alpha value is -2.68. The summed E-state index contributed by atoms with van der Waals surface area (Å²) < 4.78 is 0. The molecule has 1 heterocycles. The number of ketones is 1. The Labute approximate surface area is 135 Å². The number of hydrogen-bond donors (Lipinski definition) is 1. The zero-order valence-electron chi connectivity index (χ0n) is 13.6. The van der Waals surface area contributed by atoms with Gasteiger partial charge < -0.3 is 5.32 Å². The molecule has 0 spiro atoms. The van der Waals surface area contributed by atoms with Crippen molar-refractivity contribution < 1.29 is 14.4 Å². The zero-order chi connectivity index (χ0) is 17.4. The summed E-state index contributed by atoms with van der Waals surface area (Å²) in [6, 6.07) is 7.92. The number of nitrogens with zero attached hydrogens (tertiary/aromatic N) is 2. The molecule has 23 heavy (non-hydrogen) atoms. The highest BCUT2D eigenvalue weighted by Gasteiger charge is 2.50. The average Bonchev–Trinajstić information content (AvgIpc) is 2.71. The predicted octanol–water partition coefficient (Wildman–Crippen LogP) is 1.94. The van der Waals surface area contributed by atoms with Crippen LogP contribution in [0.2, 0.25) is 0 Å². The van der Waals surface area contributed by atoms with Gasteiger partial charge in [-0.1, -0.05) is 32.9 Å². The van der Waals surface area contributed by atoms with Gasteiger partial charge in [-0.25, -0.2) is 4.79 Å². The monoisotopic (exact) mass is 313 g/mol. The van der Waals surface area contributed by atoms with Crippen molar-refractivity contribution in [2.45, 2.75) is 33.2 Å². The molecule has 1 saturated heterocycles. The summed E-state index contributed by atoms with van der Waals surface area (Å²) in [6.45, 7) is 6.53. The van der Waals surface area contributed by atoms with Crippen LogP contribution in [0, 0.1) is 16.7 Å². The summed E-state index contributed by atoms with van der Waals surface area (Å²) in [5.74, 6) is -0.689. The van der Waals surface area contributed by atoms with Crippen molar-refractivity contribution >= 4 is 17.7 Å². The summed E-state index contributed by atoms with van der Waals surface area (Å²) in [4.78, 5) is 38.0. The van der Waals surface area contributed by atoms with Crippen molar-refractivity contribution in [2.24, 2.45) is 5.41 Å². The summed E-state index contributed by atoms with van der Waals surface area (Å²) in [6.07, 6.45) is 0. The molecule has 1 unspecified atom stereocenters. The molecule has 1 fully saturated rings. The molecule has 0 aliphatic carbocycles. The van der Waals surface area contributed by atoms with E-state index in [9.17, 15) is 14.4 Å². The molecule has 6 nitrogen and oxygen atoms in total. The van der Waals surface area contributed by atoms with E-state index >= 15 is 0 Å². The van der Waals surface area contributed by atoms with Gasteiger partial charge in [0.15, 0.2) is 5.78 Å². The van der Waals surface area contributed by atoms with Crippen molar-refractivity contribution in [2.75, 3.05) is 6.54 Å². The van der Waals surface area contributed by atoms with Gasteiger partial charge in [-0.05, 0) is 24.6 Å². The Morgan fingerprint density at radius 1 is 1.35 bits per heavy atom. The minimum absolute atomic E-state index is 0.198. The van der Waals surface area contributed by atoms with Crippen LogP contribution < -0.4 is 5.32 Å². The number of urea groups is 1. The van der Waals surface area contributed by atoms with E-state index in [-0.39, 0.29) is 12.3 Å². The Bertz CT molecular complexity index is 727. The largest absolute Gasteiger partial charge is 0.325 e. The van der Waals surface area contributed by atoms with Gasteiger partial charge >= 0.3 is 6.03 Å². The molecular formula is C17H19N3O3. The Morgan fingerprint density at radius 2 is 2.00 bits per heavy atom. The van der Waals surface area contributed by atoms with Crippen molar-refractivity contribution in [1.29, 1.82) is 5.26 Å². The van der Waals surface area contributed by atoms with Crippen LogP contribution in [0.25, 0.3) is 0 Å². The summed E-state index contributed by atoms with van der Waals surface area (Å²) >= 11 is 0. The molecular weight excluding hydrogens is 294 g/mol. The maximum absolute atomic E-state index is 12.7. The number of hydrogen-bond acceptors (Lipinski definition) is 4. The van der Waals surface area contributed by atoms with Gasteiger partial charge in [-0.15, -0.1) is 0 Å². The number of imide groups is 1. The van der Waals surface area contributed by atoms with Crippen molar-refractivity contribution in [1.82, 2.24) is 10.2 Å². The average molecular weight is 313 g/mol. The van der Waals surface area contributed by atoms with Crippen molar-refractivity contribution in [3.05, 3.63) is 35.4 Å². The van der Waals surface area contributed by atoms with Gasteiger partial charge in [-0.3, -0.25) is 14.5 Å². The highest BCUT2D eigenvalue weighted by molar-refractivity contribution is 6.09. The standard InChI is InChI=1S/C17H19N3O3/c1-16(2,3)13(21)10-20-14(22)17(4,19-15(20)23)12-7-5-6-11(8-12)9-18/h5-8H,10H2,1-4H3,(H,19,23). The second-order valence-corrected chi connectivity index (χ2v) is 6.81. The summed E-state index contributed by atoms with van der Waals surface area (Å²) in [7, 11) is 0. The molecule has 6 heteroatoms. The number of nitriles is 1. The molecule has 1 aromatic rings. The Balaban J connectivity index is 2.33. The number of nitrogens with one attached hydrogen (secondary N) is 1. The van der Waals surface area contributed by atoms with Gasteiger partial charge in [-0.2, -0.15) is 5.26 Å².